The van der Waals surface area contributed by atoms with Gasteiger partial charge in [-0.3, -0.25) is 4.90 Å². The van der Waals surface area contributed by atoms with Crippen molar-refractivity contribution in [3.05, 3.63) is 27.1 Å². The Labute approximate surface area is 102 Å². The number of halogens is 1. The van der Waals surface area contributed by atoms with Crippen LogP contribution in [0, 0.1) is 3.70 Å². The van der Waals surface area contributed by atoms with Crippen LogP contribution in [0.3, 0.4) is 0 Å². The fraction of sp³-hybridized carbons (Fsp3) is 0.500. The molecule has 1 unspecified atom stereocenters. The summed E-state index contributed by atoms with van der Waals surface area (Å²) < 4.78 is 1.00. The van der Waals surface area contributed by atoms with E-state index in [1.807, 2.05) is 17.0 Å². The van der Waals surface area contributed by atoms with Gasteiger partial charge in [-0.2, -0.15) is 0 Å². The zero-order valence-electron chi connectivity index (χ0n) is 8.23. The number of nitrogens with zero attached hydrogens (tertiary/aromatic N) is 2. The predicted molar refractivity (Wildman–Crippen MR) is 64.2 cm³/mol. The molecule has 2 N–H and O–H groups in total. The molecule has 0 saturated heterocycles. The molecule has 1 aromatic heterocycles. The lowest BCUT2D eigenvalue weighted by Crippen LogP contribution is -2.41. The maximum atomic E-state index is 9.52. The zero-order valence-corrected chi connectivity index (χ0v) is 10.4. The summed E-state index contributed by atoms with van der Waals surface area (Å²) in [6.07, 6.45) is 0.0842. The smallest absolute Gasteiger partial charge is 0.131 e. The van der Waals surface area contributed by atoms with Crippen LogP contribution in [0.4, 0.5) is 0 Å². The van der Waals surface area contributed by atoms with E-state index in [0.717, 1.165) is 27.9 Å². The van der Waals surface area contributed by atoms with Crippen molar-refractivity contribution in [1.29, 1.82) is 0 Å². The molecule has 2 rings (SSSR count). The molecule has 0 spiro atoms. The second-order valence-electron chi connectivity index (χ2n) is 3.62. The van der Waals surface area contributed by atoms with Gasteiger partial charge in [-0.25, -0.2) is 4.98 Å². The number of pyridine rings is 1. The van der Waals surface area contributed by atoms with Crippen molar-refractivity contribution in [2.24, 2.45) is 0 Å². The third-order valence-electron chi connectivity index (χ3n) is 2.63. The number of hydrogen-bond acceptors (Lipinski definition) is 4. The highest BCUT2D eigenvalue weighted by molar-refractivity contribution is 14.1. The first-order valence-corrected chi connectivity index (χ1v) is 5.96. The molecule has 0 aromatic carbocycles. The average molecular weight is 320 g/mol. The SMILES string of the molecule is OCC(O)N1CCc2nc(I)ccc2C1. The summed E-state index contributed by atoms with van der Waals surface area (Å²) in [5.74, 6) is 0. The second kappa shape index (κ2) is 4.73. The summed E-state index contributed by atoms with van der Waals surface area (Å²) in [6, 6.07) is 4.01. The van der Waals surface area contributed by atoms with E-state index in [9.17, 15) is 5.11 Å². The first-order chi connectivity index (χ1) is 7.20. The van der Waals surface area contributed by atoms with E-state index in [4.69, 9.17) is 5.11 Å². The number of aromatic nitrogens is 1. The minimum atomic E-state index is -0.752. The quantitative estimate of drug-likeness (QED) is 0.610. The van der Waals surface area contributed by atoms with Crippen LogP contribution in [-0.2, 0) is 13.0 Å². The van der Waals surface area contributed by atoms with Crippen LogP contribution in [0.2, 0.25) is 0 Å². The van der Waals surface area contributed by atoms with Gasteiger partial charge in [0.1, 0.15) is 9.93 Å². The Hall–Kier alpha value is -0.240. The highest BCUT2D eigenvalue weighted by Gasteiger charge is 2.21. The van der Waals surface area contributed by atoms with Gasteiger partial charge in [-0.15, -0.1) is 0 Å². The lowest BCUT2D eigenvalue weighted by Gasteiger charge is -2.31. The number of aliphatic hydroxyl groups is 2. The van der Waals surface area contributed by atoms with E-state index in [1.54, 1.807) is 0 Å². The van der Waals surface area contributed by atoms with Crippen molar-refractivity contribution in [2.75, 3.05) is 13.2 Å². The molecule has 4 nitrogen and oxygen atoms in total. The molecule has 1 aromatic rings. The van der Waals surface area contributed by atoms with Gasteiger partial charge in [0.25, 0.3) is 0 Å². The minimum absolute atomic E-state index is 0.215. The van der Waals surface area contributed by atoms with E-state index in [2.05, 4.69) is 27.6 Å². The molecule has 1 aliphatic heterocycles. The molecule has 0 radical (unpaired) electrons. The topological polar surface area (TPSA) is 56.6 Å². The summed E-state index contributed by atoms with van der Waals surface area (Å²) in [4.78, 5) is 6.31. The summed E-state index contributed by atoms with van der Waals surface area (Å²) in [6.45, 7) is 1.20. The van der Waals surface area contributed by atoms with Crippen LogP contribution in [-0.4, -0.2) is 39.5 Å². The fourth-order valence-electron chi connectivity index (χ4n) is 1.78. The highest BCUT2D eigenvalue weighted by atomic mass is 127. The largest absolute Gasteiger partial charge is 0.392 e. The van der Waals surface area contributed by atoms with Gasteiger partial charge in [0, 0.05) is 25.2 Å². The Morgan fingerprint density at radius 1 is 1.53 bits per heavy atom. The summed E-state index contributed by atoms with van der Waals surface area (Å²) in [5.41, 5.74) is 2.26. The van der Waals surface area contributed by atoms with E-state index >= 15 is 0 Å². The Bertz CT molecular complexity index is 359. The van der Waals surface area contributed by atoms with Gasteiger partial charge in [-0.05, 0) is 34.2 Å². The molecule has 0 amide bonds. The monoisotopic (exact) mass is 320 g/mol. The standard InChI is InChI=1S/C10H13IN2O2/c11-9-2-1-7-5-13(10(15)6-14)4-3-8(7)12-9/h1-2,10,14-15H,3-6H2. The highest BCUT2D eigenvalue weighted by Crippen LogP contribution is 2.19. The molecule has 1 aliphatic rings. The van der Waals surface area contributed by atoms with E-state index in [-0.39, 0.29) is 6.61 Å². The van der Waals surface area contributed by atoms with Gasteiger partial charge in [0.2, 0.25) is 0 Å². The Morgan fingerprint density at radius 2 is 2.33 bits per heavy atom. The van der Waals surface area contributed by atoms with E-state index in [1.165, 1.54) is 0 Å². The number of hydrogen-bond donors (Lipinski definition) is 2. The molecule has 0 fully saturated rings. The minimum Gasteiger partial charge on any atom is -0.392 e. The lowest BCUT2D eigenvalue weighted by molar-refractivity contribution is -0.0424. The normalized spacial score (nSPS) is 18.6. The summed E-state index contributed by atoms with van der Waals surface area (Å²) in [7, 11) is 0. The molecular formula is C10H13IN2O2. The van der Waals surface area contributed by atoms with E-state index in [0.29, 0.717) is 6.54 Å². The van der Waals surface area contributed by atoms with Crippen LogP contribution in [0.25, 0.3) is 0 Å². The van der Waals surface area contributed by atoms with Gasteiger partial charge in [0.05, 0.1) is 6.61 Å². The Kier molecular flexibility index (Phi) is 3.55. The number of fused-ring (bicyclic) bond motifs is 1. The van der Waals surface area contributed by atoms with Crippen molar-refractivity contribution < 1.29 is 10.2 Å². The predicted octanol–water partition coefficient (Wildman–Crippen LogP) is 0.355. The van der Waals surface area contributed by atoms with Crippen molar-refractivity contribution in [3.63, 3.8) is 0 Å². The Morgan fingerprint density at radius 3 is 3.07 bits per heavy atom. The molecule has 1 atom stereocenters. The Balaban J connectivity index is 2.16. The van der Waals surface area contributed by atoms with Crippen molar-refractivity contribution in [1.82, 2.24) is 9.88 Å². The van der Waals surface area contributed by atoms with Crippen LogP contribution in [0.5, 0.6) is 0 Å². The average Bonchev–Trinajstić information content (AvgIpc) is 2.27. The van der Waals surface area contributed by atoms with Gasteiger partial charge >= 0.3 is 0 Å². The molecule has 5 heteroatoms. The van der Waals surface area contributed by atoms with Crippen LogP contribution >= 0.6 is 22.6 Å². The first kappa shape index (κ1) is 11.3. The second-order valence-corrected chi connectivity index (χ2v) is 4.73. The van der Waals surface area contributed by atoms with Crippen molar-refractivity contribution >= 4 is 22.6 Å². The van der Waals surface area contributed by atoms with Gasteiger partial charge in [0.15, 0.2) is 0 Å². The number of rotatable bonds is 2. The molecule has 15 heavy (non-hydrogen) atoms. The molecule has 2 heterocycles. The maximum Gasteiger partial charge on any atom is 0.131 e. The van der Waals surface area contributed by atoms with Crippen molar-refractivity contribution in [3.8, 4) is 0 Å². The van der Waals surface area contributed by atoms with Crippen molar-refractivity contribution in [2.45, 2.75) is 19.2 Å². The van der Waals surface area contributed by atoms with Gasteiger partial charge < -0.3 is 10.2 Å². The zero-order chi connectivity index (χ0) is 10.8. The van der Waals surface area contributed by atoms with Gasteiger partial charge in [-0.1, -0.05) is 6.07 Å². The molecule has 0 aliphatic carbocycles. The molecule has 0 saturated carbocycles. The number of aliphatic hydroxyl groups excluding tert-OH is 2. The van der Waals surface area contributed by atoms with Crippen LogP contribution in [0.15, 0.2) is 12.1 Å². The maximum absolute atomic E-state index is 9.52. The fourth-order valence-corrected chi connectivity index (χ4v) is 2.25. The summed E-state index contributed by atoms with van der Waals surface area (Å²) in [5, 5.41) is 18.4. The molecular weight excluding hydrogens is 307 g/mol. The summed E-state index contributed by atoms with van der Waals surface area (Å²) >= 11 is 2.20. The van der Waals surface area contributed by atoms with Crippen LogP contribution < -0.4 is 0 Å². The van der Waals surface area contributed by atoms with Crippen LogP contribution in [0.1, 0.15) is 11.3 Å². The first-order valence-electron chi connectivity index (χ1n) is 4.88. The molecule has 82 valence electrons. The molecule has 0 bridgehead atoms. The third kappa shape index (κ3) is 2.47. The van der Waals surface area contributed by atoms with E-state index < -0.39 is 6.23 Å². The lowest BCUT2D eigenvalue weighted by atomic mass is 10.1. The third-order valence-corrected chi connectivity index (χ3v) is 3.23.